The number of hydrogen-bond donors (Lipinski definition) is 1. The number of carbonyl (C=O) groups is 1. The number of likely N-dealkylation sites (tertiary alicyclic amines) is 1. The van der Waals surface area contributed by atoms with Crippen molar-refractivity contribution in [1.29, 1.82) is 0 Å². The Balaban J connectivity index is 1.21. The Hall–Kier alpha value is -5.22. The lowest BCUT2D eigenvalue weighted by atomic mass is 10.1. The number of piperidine rings is 1. The third-order valence-electron chi connectivity index (χ3n) is 7.94. The quantitative estimate of drug-likeness (QED) is 0.147. The number of amides is 1. The third kappa shape index (κ3) is 7.52. The molecule has 1 aliphatic rings. The minimum Gasteiger partial charge on any atom is -0.494 e. The van der Waals surface area contributed by atoms with Crippen molar-refractivity contribution in [3.63, 3.8) is 0 Å². The van der Waals surface area contributed by atoms with E-state index in [1.165, 1.54) is 43.6 Å². The second-order valence-electron chi connectivity index (χ2n) is 11.3. The van der Waals surface area contributed by atoms with E-state index in [2.05, 4.69) is 20.2 Å². The number of aromatic nitrogens is 3. The van der Waals surface area contributed by atoms with E-state index in [0.717, 1.165) is 35.5 Å². The number of aryl methyl sites for hydroxylation is 2. The Morgan fingerprint density at radius 2 is 1.74 bits per heavy atom. The molecule has 0 unspecified atom stereocenters. The molecule has 236 valence electrons. The molecule has 1 fully saturated rings. The van der Waals surface area contributed by atoms with Gasteiger partial charge in [-0.3, -0.25) is 0 Å². The van der Waals surface area contributed by atoms with Crippen LogP contribution in [-0.2, 0) is 0 Å². The highest BCUT2D eigenvalue weighted by Gasteiger charge is 2.27. The number of para-hydroxylation sites is 2. The molecule has 1 amide bonds. The summed E-state index contributed by atoms with van der Waals surface area (Å²) in [6.45, 7) is 7.96. The van der Waals surface area contributed by atoms with Crippen LogP contribution >= 0.6 is 0 Å². The normalized spacial score (nSPS) is 13.3. The Kier molecular flexibility index (Phi) is 9.84. The fourth-order valence-corrected chi connectivity index (χ4v) is 5.59. The van der Waals surface area contributed by atoms with Crippen molar-refractivity contribution in [2.75, 3.05) is 36.5 Å². The Labute approximate surface area is 269 Å². The number of hydrogen-bond acceptors (Lipinski definition) is 9. The van der Waals surface area contributed by atoms with Gasteiger partial charge in [0.05, 0.1) is 18.5 Å². The Bertz CT molecular complexity index is 1720. The van der Waals surface area contributed by atoms with Gasteiger partial charge in [-0.15, -0.1) is 0 Å². The van der Waals surface area contributed by atoms with Gasteiger partial charge in [-0.05, 0) is 93.7 Å². The van der Waals surface area contributed by atoms with Gasteiger partial charge in [0, 0.05) is 30.1 Å². The largest absolute Gasteiger partial charge is 0.494 e. The van der Waals surface area contributed by atoms with Crippen LogP contribution in [0.25, 0.3) is 11.3 Å². The maximum atomic E-state index is 14.0. The molecular formula is C36H38N6O4. The molecule has 1 aliphatic heterocycles. The van der Waals surface area contributed by atoms with Crippen molar-refractivity contribution >= 4 is 29.2 Å². The van der Waals surface area contributed by atoms with E-state index in [9.17, 15) is 4.79 Å². The highest BCUT2D eigenvalue weighted by Crippen LogP contribution is 2.36. The average molecular weight is 619 g/mol. The second-order valence-corrected chi connectivity index (χ2v) is 11.3. The number of anilines is 4. The molecule has 0 aliphatic carbocycles. The van der Waals surface area contributed by atoms with Crippen molar-refractivity contribution in [1.82, 2.24) is 19.9 Å². The summed E-state index contributed by atoms with van der Waals surface area (Å²) < 4.78 is 17.6. The van der Waals surface area contributed by atoms with Gasteiger partial charge < -0.3 is 24.1 Å². The van der Waals surface area contributed by atoms with E-state index < -0.39 is 6.09 Å². The van der Waals surface area contributed by atoms with Crippen molar-refractivity contribution in [2.45, 2.75) is 39.5 Å². The van der Waals surface area contributed by atoms with Gasteiger partial charge >= 0.3 is 6.09 Å². The van der Waals surface area contributed by atoms with Crippen LogP contribution in [0.4, 0.5) is 27.9 Å². The second kappa shape index (κ2) is 14.7. The zero-order chi connectivity index (χ0) is 31.7. The van der Waals surface area contributed by atoms with Crippen LogP contribution in [0.5, 0.6) is 11.5 Å². The number of oxazole rings is 1. The number of rotatable bonds is 11. The molecule has 10 heteroatoms. The van der Waals surface area contributed by atoms with Gasteiger partial charge in [0.1, 0.15) is 17.3 Å². The minimum atomic E-state index is -0.629. The zero-order valence-corrected chi connectivity index (χ0v) is 26.2. The first-order chi connectivity index (χ1) is 22.5. The SMILES string of the molecule is Cc1cccc(C)c1OC(=O)N(c1ccnc(Nc2ccc(OCCCN3CCCCC3)cc2)n1)c1ccccc1-c1cnco1. The van der Waals surface area contributed by atoms with E-state index in [0.29, 0.717) is 41.1 Å². The molecule has 10 nitrogen and oxygen atoms in total. The summed E-state index contributed by atoms with van der Waals surface area (Å²) in [5, 5.41) is 3.25. The van der Waals surface area contributed by atoms with Gasteiger partial charge in [-0.1, -0.05) is 36.8 Å². The number of benzene rings is 3. The predicted octanol–water partition coefficient (Wildman–Crippen LogP) is 8.08. The highest BCUT2D eigenvalue weighted by atomic mass is 16.6. The smallest absolute Gasteiger partial charge is 0.425 e. The molecule has 1 N–H and O–H groups in total. The summed E-state index contributed by atoms with van der Waals surface area (Å²) in [5.41, 5.74) is 3.64. The lowest BCUT2D eigenvalue weighted by molar-refractivity contribution is 0.205. The molecule has 1 saturated heterocycles. The molecule has 0 spiro atoms. The summed E-state index contributed by atoms with van der Waals surface area (Å²) in [6.07, 6.45) is 8.87. The van der Waals surface area contributed by atoms with E-state index >= 15 is 0 Å². The third-order valence-corrected chi connectivity index (χ3v) is 7.94. The average Bonchev–Trinajstić information content (AvgIpc) is 3.62. The minimum absolute atomic E-state index is 0.314. The molecule has 5 aromatic rings. The molecule has 0 saturated carbocycles. The fourth-order valence-electron chi connectivity index (χ4n) is 5.59. The lowest BCUT2D eigenvalue weighted by Gasteiger charge is -2.26. The molecule has 0 bridgehead atoms. The fraction of sp³-hybridized carbons (Fsp3) is 0.278. The number of carbonyl (C=O) groups excluding carboxylic acids is 1. The predicted molar refractivity (Wildman–Crippen MR) is 178 cm³/mol. The van der Waals surface area contributed by atoms with Crippen LogP contribution in [0.2, 0.25) is 0 Å². The maximum absolute atomic E-state index is 14.0. The van der Waals surface area contributed by atoms with Gasteiger partial charge in [0.15, 0.2) is 12.2 Å². The van der Waals surface area contributed by atoms with E-state index in [1.807, 2.05) is 80.6 Å². The number of nitrogens with one attached hydrogen (secondary N) is 1. The van der Waals surface area contributed by atoms with Crippen LogP contribution in [0.15, 0.2) is 96.0 Å². The molecule has 46 heavy (non-hydrogen) atoms. The summed E-state index contributed by atoms with van der Waals surface area (Å²) in [5.74, 6) is 2.44. The van der Waals surface area contributed by atoms with Gasteiger partial charge in [-0.2, -0.15) is 4.98 Å². The van der Waals surface area contributed by atoms with Crippen molar-refractivity contribution in [3.8, 4) is 22.8 Å². The van der Waals surface area contributed by atoms with E-state index in [4.69, 9.17) is 18.9 Å². The van der Waals surface area contributed by atoms with Crippen molar-refractivity contribution in [3.05, 3.63) is 103 Å². The van der Waals surface area contributed by atoms with Crippen LogP contribution in [0.1, 0.15) is 36.8 Å². The zero-order valence-electron chi connectivity index (χ0n) is 26.2. The van der Waals surface area contributed by atoms with Crippen LogP contribution in [0, 0.1) is 13.8 Å². The molecular weight excluding hydrogens is 580 g/mol. The molecule has 0 radical (unpaired) electrons. The lowest BCUT2D eigenvalue weighted by Crippen LogP contribution is -2.31. The molecule has 3 heterocycles. The van der Waals surface area contributed by atoms with Gasteiger partial charge in [0.2, 0.25) is 5.95 Å². The number of ether oxygens (including phenoxy) is 2. The topological polar surface area (TPSA) is 106 Å². The summed E-state index contributed by atoms with van der Waals surface area (Å²) >= 11 is 0. The summed E-state index contributed by atoms with van der Waals surface area (Å²) in [6, 6.07) is 22.5. The highest BCUT2D eigenvalue weighted by molar-refractivity contribution is 6.00. The monoisotopic (exact) mass is 618 g/mol. The van der Waals surface area contributed by atoms with Crippen molar-refractivity contribution < 1.29 is 18.7 Å². The first-order valence-electron chi connectivity index (χ1n) is 15.7. The van der Waals surface area contributed by atoms with E-state index in [1.54, 1.807) is 18.5 Å². The molecule has 2 aromatic heterocycles. The van der Waals surface area contributed by atoms with Crippen LogP contribution in [-0.4, -0.2) is 52.2 Å². The maximum Gasteiger partial charge on any atom is 0.425 e. The molecule has 0 atom stereocenters. The van der Waals surface area contributed by atoms with Crippen molar-refractivity contribution in [2.24, 2.45) is 0 Å². The van der Waals surface area contributed by atoms with Crippen LogP contribution < -0.4 is 19.7 Å². The van der Waals surface area contributed by atoms with Crippen LogP contribution in [0.3, 0.4) is 0 Å². The standard InChI is InChI=1S/C36H38N6O4/c1-26-10-8-11-27(2)34(26)46-36(43)42(31-13-5-4-12-30(31)32-24-37-25-45-32)33-18-19-38-35(40-33)39-28-14-16-29(17-15-28)44-23-9-22-41-20-6-3-7-21-41/h4-5,8,10-19,24-25H,3,6-7,9,20-23H2,1-2H3,(H,38,39,40). The van der Waals surface area contributed by atoms with E-state index in [-0.39, 0.29) is 0 Å². The summed E-state index contributed by atoms with van der Waals surface area (Å²) in [4.78, 5) is 31.1. The first-order valence-corrected chi connectivity index (χ1v) is 15.7. The summed E-state index contributed by atoms with van der Waals surface area (Å²) in [7, 11) is 0. The Morgan fingerprint density at radius 1 is 0.957 bits per heavy atom. The molecule has 3 aromatic carbocycles. The molecule has 6 rings (SSSR count). The number of nitrogens with zero attached hydrogens (tertiary/aromatic N) is 5. The Morgan fingerprint density at radius 3 is 2.50 bits per heavy atom. The van der Waals surface area contributed by atoms with Gasteiger partial charge in [0.25, 0.3) is 0 Å². The van der Waals surface area contributed by atoms with Gasteiger partial charge in [-0.25, -0.2) is 19.7 Å². The first kappa shape index (κ1) is 30.8.